The molecule has 0 aromatic carbocycles. The van der Waals surface area contributed by atoms with Crippen LogP contribution in [0.5, 0.6) is 0 Å². The van der Waals surface area contributed by atoms with Gasteiger partial charge in [-0.3, -0.25) is 0 Å². The minimum Gasteiger partial charge on any atom is -0.361 e. The molecular formula is C20H29N5O2. The van der Waals surface area contributed by atoms with Gasteiger partial charge in [-0.2, -0.15) is 0 Å². The average molecular weight is 371 g/mol. The first-order valence-corrected chi connectivity index (χ1v) is 9.53. The van der Waals surface area contributed by atoms with E-state index in [0.29, 0.717) is 12.4 Å². The van der Waals surface area contributed by atoms with E-state index in [0.717, 1.165) is 47.7 Å². The van der Waals surface area contributed by atoms with Crippen LogP contribution in [0.2, 0.25) is 0 Å². The van der Waals surface area contributed by atoms with Gasteiger partial charge >= 0.3 is 6.03 Å². The molecule has 1 fully saturated rings. The van der Waals surface area contributed by atoms with Crippen LogP contribution in [0.1, 0.15) is 69.0 Å². The summed E-state index contributed by atoms with van der Waals surface area (Å²) in [4.78, 5) is 24.2. The molecule has 1 aliphatic heterocycles. The number of nitrogens with zero attached hydrogens (tertiary/aromatic N) is 4. The number of rotatable bonds is 2. The van der Waals surface area contributed by atoms with Crippen molar-refractivity contribution in [3.05, 3.63) is 29.0 Å². The Morgan fingerprint density at radius 1 is 1.22 bits per heavy atom. The summed E-state index contributed by atoms with van der Waals surface area (Å²) < 4.78 is 5.30. The predicted octanol–water partition coefficient (Wildman–Crippen LogP) is 4.09. The lowest BCUT2D eigenvalue weighted by Gasteiger charge is -2.37. The van der Waals surface area contributed by atoms with Crippen LogP contribution in [0.15, 0.2) is 10.6 Å². The molecule has 0 saturated carbocycles. The summed E-state index contributed by atoms with van der Waals surface area (Å²) in [6.45, 7) is 12.4. The van der Waals surface area contributed by atoms with Crippen LogP contribution in [0.25, 0.3) is 11.3 Å². The molecular weight excluding hydrogens is 342 g/mol. The highest BCUT2D eigenvalue weighted by Crippen LogP contribution is 2.32. The zero-order valence-electron chi connectivity index (χ0n) is 17.1. The molecule has 3 rings (SSSR count). The fourth-order valence-corrected chi connectivity index (χ4v) is 3.55. The number of carbonyl (C=O) groups is 1. The number of amides is 2. The SMILES string of the molecule is Cc1cc(-c2c(C)noc2C)nc([C@@H]2CCCCN2C(=O)NC(C)(C)C)n1. The number of hydrogen-bond donors (Lipinski definition) is 1. The fraction of sp³-hybridized carbons (Fsp3) is 0.600. The first kappa shape index (κ1) is 19.3. The molecule has 1 atom stereocenters. The van der Waals surface area contributed by atoms with Gasteiger partial charge in [0, 0.05) is 17.8 Å². The smallest absolute Gasteiger partial charge is 0.318 e. The minimum atomic E-state index is -0.283. The second kappa shape index (κ2) is 7.29. The van der Waals surface area contributed by atoms with Crippen LogP contribution in [-0.4, -0.2) is 38.1 Å². The van der Waals surface area contributed by atoms with Gasteiger partial charge in [0.25, 0.3) is 0 Å². The molecule has 7 heteroatoms. The lowest BCUT2D eigenvalue weighted by molar-refractivity contribution is 0.141. The number of urea groups is 1. The molecule has 2 aromatic rings. The summed E-state index contributed by atoms with van der Waals surface area (Å²) >= 11 is 0. The van der Waals surface area contributed by atoms with Crippen LogP contribution in [-0.2, 0) is 0 Å². The monoisotopic (exact) mass is 371 g/mol. The van der Waals surface area contributed by atoms with Crippen LogP contribution in [0.3, 0.4) is 0 Å². The number of nitrogens with one attached hydrogen (secondary N) is 1. The van der Waals surface area contributed by atoms with Gasteiger partial charge in [-0.05, 0) is 66.9 Å². The van der Waals surface area contributed by atoms with E-state index in [2.05, 4.69) is 15.5 Å². The maximum absolute atomic E-state index is 12.8. The van der Waals surface area contributed by atoms with Crippen LogP contribution in [0, 0.1) is 20.8 Å². The summed E-state index contributed by atoms with van der Waals surface area (Å²) in [6.07, 6.45) is 2.92. The number of likely N-dealkylation sites (tertiary alicyclic amines) is 1. The third-order valence-electron chi connectivity index (χ3n) is 4.70. The summed E-state index contributed by atoms with van der Waals surface area (Å²) in [5.74, 6) is 1.43. The second-order valence-electron chi connectivity index (χ2n) is 8.34. The van der Waals surface area contributed by atoms with Crippen molar-refractivity contribution in [1.29, 1.82) is 0 Å². The lowest BCUT2D eigenvalue weighted by atomic mass is 10.0. The van der Waals surface area contributed by atoms with Gasteiger partial charge in [0.15, 0.2) is 5.82 Å². The highest BCUT2D eigenvalue weighted by Gasteiger charge is 2.32. The van der Waals surface area contributed by atoms with Crippen LogP contribution < -0.4 is 5.32 Å². The Kier molecular flexibility index (Phi) is 5.22. The van der Waals surface area contributed by atoms with Crippen molar-refractivity contribution in [2.24, 2.45) is 0 Å². The Labute approximate surface area is 160 Å². The van der Waals surface area contributed by atoms with Gasteiger partial charge < -0.3 is 14.7 Å². The summed E-state index contributed by atoms with van der Waals surface area (Å²) in [5, 5.41) is 7.11. The standard InChI is InChI=1S/C20H29N5O2/c1-12-11-15(17-13(2)24-27-14(17)3)22-18(21-12)16-9-7-8-10-25(16)19(26)23-20(4,5)6/h11,16H,7-10H2,1-6H3,(H,23,26)/t16-/m0/s1. The zero-order valence-corrected chi connectivity index (χ0v) is 17.1. The Hall–Kier alpha value is -2.44. The molecule has 1 N–H and O–H groups in total. The van der Waals surface area contributed by atoms with E-state index in [1.807, 2.05) is 52.5 Å². The van der Waals surface area contributed by atoms with Crippen molar-refractivity contribution >= 4 is 6.03 Å². The van der Waals surface area contributed by atoms with E-state index >= 15 is 0 Å². The van der Waals surface area contributed by atoms with Gasteiger partial charge in [-0.25, -0.2) is 14.8 Å². The molecule has 1 saturated heterocycles. The molecule has 0 radical (unpaired) electrons. The normalized spacial score (nSPS) is 17.9. The molecule has 0 aliphatic carbocycles. The largest absolute Gasteiger partial charge is 0.361 e. The number of carbonyl (C=O) groups excluding carboxylic acids is 1. The summed E-state index contributed by atoms with van der Waals surface area (Å²) in [6, 6.07) is 1.76. The minimum absolute atomic E-state index is 0.0591. The van der Waals surface area contributed by atoms with Crippen molar-refractivity contribution in [2.45, 2.75) is 72.4 Å². The van der Waals surface area contributed by atoms with Crippen molar-refractivity contribution < 1.29 is 9.32 Å². The molecule has 0 bridgehead atoms. The van der Waals surface area contributed by atoms with E-state index < -0.39 is 0 Å². The molecule has 7 nitrogen and oxygen atoms in total. The summed E-state index contributed by atoms with van der Waals surface area (Å²) in [7, 11) is 0. The Morgan fingerprint density at radius 3 is 2.59 bits per heavy atom. The van der Waals surface area contributed by atoms with Crippen LogP contribution >= 0.6 is 0 Å². The van der Waals surface area contributed by atoms with Gasteiger partial charge in [-0.1, -0.05) is 5.16 Å². The average Bonchev–Trinajstić information content (AvgIpc) is 2.91. The Balaban J connectivity index is 1.97. The Bertz CT molecular complexity index is 818. The van der Waals surface area contributed by atoms with Crippen molar-refractivity contribution in [2.75, 3.05) is 6.54 Å². The van der Waals surface area contributed by atoms with E-state index in [-0.39, 0.29) is 17.6 Å². The molecule has 27 heavy (non-hydrogen) atoms. The third kappa shape index (κ3) is 4.28. The second-order valence-corrected chi connectivity index (χ2v) is 8.34. The van der Waals surface area contributed by atoms with Gasteiger partial charge in [0.1, 0.15) is 5.76 Å². The van der Waals surface area contributed by atoms with Gasteiger partial charge in [-0.15, -0.1) is 0 Å². The van der Waals surface area contributed by atoms with E-state index in [4.69, 9.17) is 9.51 Å². The first-order chi connectivity index (χ1) is 12.7. The van der Waals surface area contributed by atoms with E-state index in [1.165, 1.54) is 0 Å². The zero-order chi connectivity index (χ0) is 19.8. The van der Waals surface area contributed by atoms with E-state index in [9.17, 15) is 4.79 Å². The van der Waals surface area contributed by atoms with E-state index in [1.54, 1.807) is 0 Å². The quantitative estimate of drug-likeness (QED) is 0.859. The maximum atomic E-state index is 12.8. The lowest BCUT2D eigenvalue weighted by Crippen LogP contribution is -2.51. The third-order valence-corrected chi connectivity index (χ3v) is 4.70. The number of hydrogen-bond acceptors (Lipinski definition) is 5. The molecule has 3 heterocycles. The predicted molar refractivity (Wildman–Crippen MR) is 103 cm³/mol. The molecule has 1 aliphatic rings. The van der Waals surface area contributed by atoms with Crippen molar-refractivity contribution in [1.82, 2.24) is 25.3 Å². The van der Waals surface area contributed by atoms with Crippen molar-refractivity contribution in [3.8, 4) is 11.3 Å². The molecule has 2 amide bonds. The highest BCUT2D eigenvalue weighted by atomic mass is 16.5. The van der Waals surface area contributed by atoms with Crippen molar-refractivity contribution in [3.63, 3.8) is 0 Å². The van der Waals surface area contributed by atoms with Crippen LogP contribution in [0.4, 0.5) is 4.79 Å². The Morgan fingerprint density at radius 2 is 1.96 bits per heavy atom. The highest BCUT2D eigenvalue weighted by molar-refractivity contribution is 5.75. The molecule has 2 aromatic heterocycles. The molecule has 0 spiro atoms. The first-order valence-electron chi connectivity index (χ1n) is 9.53. The fourth-order valence-electron chi connectivity index (χ4n) is 3.55. The molecule has 0 unspecified atom stereocenters. The van der Waals surface area contributed by atoms with Gasteiger partial charge in [0.2, 0.25) is 0 Å². The maximum Gasteiger partial charge on any atom is 0.318 e. The summed E-state index contributed by atoms with van der Waals surface area (Å²) in [5.41, 5.74) is 3.10. The number of piperidine rings is 1. The number of aryl methyl sites for hydroxylation is 3. The topological polar surface area (TPSA) is 84.2 Å². The van der Waals surface area contributed by atoms with Gasteiger partial charge in [0.05, 0.1) is 23.0 Å². The molecule has 146 valence electrons. The number of aromatic nitrogens is 3.